The van der Waals surface area contributed by atoms with Crippen LogP contribution >= 0.6 is 12.2 Å². The van der Waals surface area contributed by atoms with Crippen LogP contribution in [0.1, 0.15) is 50.5 Å². The molecule has 24 heavy (non-hydrogen) atoms. The number of rotatable bonds is 5. The second-order valence-corrected chi connectivity index (χ2v) is 7.32. The maximum Gasteiger partial charge on any atom is 0.169 e. The summed E-state index contributed by atoms with van der Waals surface area (Å²) < 4.78 is 5.80. The van der Waals surface area contributed by atoms with Gasteiger partial charge in [-0.05, 0) is 44.0 Å². The fourth-order valence-electron chi connectivity index (χ4n) is 3.62. The van der Waals surface area contributed by atoms with Gasteiger partial charge in [-0.25, -0.2) is 0 Å². The standard InChI is InChI=1S/C19H28N2O2S/c22-18-11-5-4-7-15(18)13-21(14-17-10-6-12-23-17)19(24)20-16-8-2-1-3-9-16/h4-5,7,11,16-17,22H,1-3,6,8-10,12-14H2,(H,20,24). The molecule has 0 spiro atoms. The van der Waals surface area contributed by atoms with Crippen LogP contribution in [0.2, 0.25) is 0 Å². The van der Waals surface area contributed by atoms with Gasteiger partial charge in [0, 0.05) is 31.3 Å². The number of para-hydroxylation sites is 1. The lowest BCUT2D eigenvalue weighted by Crippen LogP contribution is -2.47. The minimum absolute atomic E-state index is 0.238. The van der Waals surface area contributed by atoms with E-state index in [1.165, 1.54) is 32.1 Å². The van der Waals surface area contributed by atoms with Crippen LogP contribution in [0.4, 0.5) is 0 Å². The Hall–Kier alpha value is -1.33. The molecule has 3 rings (SSSR count). The number of aromatic hydroxyl groups is 1. The maximum absolute atomic E-state index is 10.1. The van der Waals surface area contributed by atoms with Gasteiger partial charge in [0.2, 0.25) is 0 Å². The summed E-state index contributed by atoms with van der Waals surface area (Å²) in [4.78, 5) is 2.16. The Balaban J connectivity index is 1.65. The molecule has 2 N–H and O–H groups in total. The molecule has 1 heterocycles. The largest absolute Gasteiger partial charge is 0.508 e. The van der Waals surface area contributed by atoms with Gasteiger partial charge in [0.05, 0.1) is 6.10 Å². The fourth-order valence-corrected chi connectivity index (χ4v) is 3.92. The fraction of sp³-hybridized carbons (Fsp3) is 0.632. The van der Waals surface area contributed by atoms with E-state index >= 15 is 0 Å². The van der Waals surface area contributed by atoms with E-state index < -0.39 is 0 Å². The molecule has 1 aliphatic heterocycles. The van der Waals surface area contributed by atoms with Gasteiger partial charge in [-0.2, -0.15) is 0 Å². The van der Waals surface area contributed by atoms with Crippen molar-refractivity contribution in [3.63, 3.8) is 0 Å². The quantitative estimate of drug-likeness (QED) is 0.797. The van der Waals surface area contributed by atoms with Crippen molar-refractivity contribution in [2.75, 3.05) is 13.2 Å². The van der Waals surface area contributed by atoms with Gasteiger partial charge in [0.25, 0.3) is 0 Å². The zero-order chi connectivity index (χ0) is 16.8. The number of phenols is 1. The molecule has 1 saturated carbocycles. The third-order valence-corrected chi connectivity index (χ3v) is 5.40. The Morgan fingerprint density at radius 2 is 1.96 bits per heavy atom. The van der Waals surface area contributed by atoms with E-state index in [-0.39, 0.29) is 6.10 Å². The van der Waals surface area contributed by atoms with Gasteiger partial charge < -0.3 is 20.1 Å². The summed E-state index contributed by atoms with van der Waals surface area (Å²) in [6.45, 7) is 2.25. The highest BCUT2D eigenvalue weighted by Crippen LogP contribution is 2.22. The molecule has 2 fully saturated rings. The van der Waals surface area contributed by atoms with E-state index in [9.17, 15) is 5.11 Å². The van der Waals surface area contributed by atoms with Gasteiger partial charge in [0.1, 0.15) is 5.75 Å². The Kier molecular flexibility index (Phi) is 6.32. The molecule has 4 nitrogen and oxygen atoms in total. The van der Waals surface area contributed by atoms with Crippen LogP contribution in [0.3, 0.4) is 0 Å². The van der Waals surface area contributed by atoms with E-state index in [1.807, 2.05) is 18.2 Å². The average molecular weight is 349 g/mol. The van der Waals surface area contributed by atoms with Crippen molar-refractivity contribution in [1.82, 2.24) is 10.2 Å². The monoisotopic (exact) mass is 348 g/mol. The molecule has 0 aromatic heterocycles. The SMILES string of the molecule is Oc1ccccc1CN(CC1CCCO1)C(=S)NC1CCCCC1. The number of thiocarbonyl (C=S) groups is 1. The molecule has 5 heteroatoms. The van der Waals surface area contributed by atoms with Crippen molar-refractivity contribution in [3.05, 3.63) is 29.8 Å². The number of hydrogen-bond donors (Lipinski definition) is 2. The summed E-state index contributed by atoms with van der Waals surface area (Å²) in [5.74, 6) is 0.329. The highest BCUT2D eigenvalue weighted by Gasteiger charge is 2.23. The summed E-state index contributed by atoms with van der Waals surface area (Å²) in [5, 5.41) is 14.4. The molecule has 2 aliphatic rings. The number of nitrogens with one attached hydrogen (secondary N) is 1. The lowest BCUT2D eigenvalue weighted by Gasteiger charge is -2.32. The first-order chi connectivity index (χ1) is 11.7. The Morgan fingerprint density at radius 1 is 1.17 bits per heavy atom. The van der Waals surface area contributed by atoms with Crippen molar-refractivity contribution >= 4 is 17.3 Å². The van der Waals surface area contributed by atoms with E-state index in [4.69, 9.17) is 17.0 Å². The first-order valence-corrected chi connectivity index (χ1v) is 9.57. The molecule has 1 aromatic carbocycles. The smallest absolute Gasteiger partial charge is 0.169 e. The second-order valence-electron chi connectivity index (χ2n) is 6.93. The van der Waals surface area contributed by atoms with Gasteiger partial charge in [-0.1, -0.05) is 37.5 Å². The summed E-state index contributed by atoms with van der Waals surface area (Å²) in [6, 6.07) is 7.99. The molecular weight excluding hydrogens is 320 g/mol. The molecule has 0 bridgehead atoms. The molecule has 1 aromatic rings. The summed E-state index contributed by atoms with van der Waals surface area (Å²) in [5.41, 5.74) is 0.906. The Bertz CT molecular complexity index is 540. The van der Waals surface area contributed by atoms with Crippen LogP contribution in [0.25, 0.3) is 0 Å². The molecular formula is C19H28N2O2S. The number of benzene rings is 1. The zero-order valence-electron chi connectivity index (χ0n) is 14.2. The third-order valence-electron chi connectivity index (χ3n) is 5.02. The van der Waals surface area contributed by atoms with Gasteiger partial charge in [-0.3, -0.25) is 0 Å². The van der Waals surface area contributed by atoms with Crippen molar-refractivity contribution in [2.45, 2.75) is 63.6 Å². The number of phenolic OH excluding ortho intramolecular Hbond substituents is 1. The molecule has 1 atom stereocenters. The van der Waals surface area contributed by atoms with Crippen LogP contribution in [0, 0.1) is 0 Å². The second kappa shape index (κ2) is 8.67. The van der Waals surface area contributed by atoms with Crippen LogP contribution in [0.5, 0.6) is 5.75 Å². The lowest BCUT2D eigenvalue weighted by atomic mass is 9.96. The van der Waals surface area contributed by atoms with E-state index in [2.05, 4.69) is 10.2 Å². The van der Waals surface area contributed by atoms with Crippen LogP contribution < -0.4 is 5.32 Å². The maximum atomic E-state index is 10.1. The van der Waals surface area contributed by atoms with Crippen molar-refractivity contribution in [1.29, 1.82) is 0 Å². The van der Waals surface area contributed by atoms with Crippen LogP contribution in [-0.4, -0.2) is 40.4 Å². The molecule has 132 valence electrons. The third kappa shape index (κ3) is 4.84. The average Bonchev–Trinajstić information content (AvgIpc) is 3.10. The van der Waals surface area contributed by atoms with Crippen molar-refractivity contribution in [2.24, 2.45) is 0 Å². The number of hydrogen-bond acceptors (Lipinski definition) is 3. The van der Waals surface area contributed by atoms with Crippen molar-refractivity contribution in [3.8, 4) is 5.75 Å². The molecule has 0 amide bonds. The normalized spacial score (nSPS) is 21.6. The first kappa shape index (κ1) is 17.5. The Labute approximate surface area is 150 Å². The zero-order valence-corrected chi connectivity index (χ0v) is 15.1. The molecule has 0 radical (unpaired) electrons. The van der Waals surface area contributed by atoms with Gasteiger partial charge >= 0.3 is 0 Å². The minimum atomic E-state index is 0.238. The topological polar surface area (TPSA) is 44.7 Å². The number of ether oxygens (including phenoxy) is 1. The van der Waals surface area contributed by atoms with E-state index in [0.29, 0.717) is 18.3 Å². The summed E-state index contributed by atoms with van der Waals surface area (Å²) in [6.07, 6.45) is 8.75. The minimum Gasteiger partial charge on any atom is -0.508 e. The number of nitrogens with zero attached hydrogens (tertiary/aromatic N) is 1. The molecule has 1 unspecified atom stereocenters. The first-order valence-electron chi connectivity index (χ1n) is 9.16. The molecule has 1 saturated heterocycles. The highest BCUT2D eigenvalue weighted by atomic mass is 32.1. The Morgan fingerprint density at radius 3 is 2.67 bits per heavy atom. The van der Waals surface area contributed by atoms with Crippen molar-refractivity contribution < 1.29 is 9.84 Å². The molecule has 1 aliphatic carbocycles. The van der Waals surface area contributed by atoms with E-state index in [1.54, 1.807) is 6.07 Å². The van der Waals surface area contributed by atoms with E-state index in [0.717, 1.165) is 36.7 Å². The predicted molar refractivity (Wildman–Crippen MR) is 100 cm³/mol. The predicted octanol–water partition coefficient (Wildman–Crippen LogP) is 3.58. The van der Waals surface area contributed by atoms with Crippen LogP contribution in [-0.2, 0) is 11.3 Å². The summed E-state index contributed by atoms with van der Waals surface area (Å²) in [7, 11) is 0. The summed E-state index contributed by atoms with van der Waals surface area (Å²) >= 11 is 5.71. The van der Waals surface area contributed by atoms with Gasteiger partial charge in [-0.15, -0.1) is 0 Å². The van der Waals surface area contributed by atoms with Crippen LogP contribution in [0.15, 0.2) is 24.3 Å². The van der Waals surface area contributed by atoms with Gasteiger partial charge in [0.15, 0.2) is 5.11 Å². The lowest BCUT2D eigenvalue weighted by molar-refractivity contribution is 0.0893. The highest BCUT2D eigenvalue weighted by molar-refractivity contribution is 7.80.